The van der Waals surface area contributed by atoms with E-state index in [2.05, 4.69) is 20.2 Å². The van der Waals surface area contributed by atoms with Crippen molar-refractivity contribution in [1.29, 1.82) is 0 Å². The second-order valence-electron chi connectivity index (χ2n) is 4.24. The Hall–Kier alpha value is -1.16. The van der Waals surface area contributed by atoms with Crippen LogP contribution < -0.4 is 10.2 Å². The number of anilines is 1. The van der Waals surface area contributed by atoms with Crippen LogP contribution in [0, 0.1) is 0 Å². The normalized spacial score (nSPS) is 21.3. The molecule has 1 aliphatic rings. The van der Waals surface area contributed by atoms with Gasteiger partial charge in [0.15, 0.2) is 0 Å². The maximum Gasteiger partial charge on any atom is 0.134 e. The molecule has 1 N–H and O–H groups in total. The highest BCUT2D eigenvalue weighted by Gasteiger charge is 2.19. The van der Waals surface area contributed by atoms with E-state index in [0.717, 1.165) is 18.9 Å². The van der Waals surface area contributed by atoms with Gasteiger partial charge in [0.2, 0.25) is 0 Å². The Morgan fingerprint density at radius 1 is 1.47 bits per heavy atom. The SMILES string of the molecule is CN(C)c1ncncc1C1CCCNC1. The maximum atomic E-state index is 4.34. The lowest BCUT2D eigenvalue weighted by Crippen LogP contribution is -2.29. The van der Waals surface area contributed by atoms with Gasteiger partial charge < -0.3 is 10.2 Å². The van der Waals surface area contributed by atoms with Crippen LogP contribution in [-0.4, -0.2) is 37.2 Å². The first-order valence-corrected chi connectivity index (χ1v) is 5.47. The summed E-state index contributed by atoms with van der Waals surface area (Å²) in [5, 5.41) is 3.43. The van der Waals surface area contributed by atoms with Crippen LogP contribution in [0.1, 0.15) is 24.3 Å². The molecule has 1 atom stereocenters. The topological polar surface area (TPSA) is 41.1 Å². The first kappa shape index (κ1) is 10.4. The van der Waals surface area contributed by atoms with Crippen LogP contribution in [0.3, 0.4) is 0 Å². The molecule has 2 heterocycles. The highest BCUT2D eigenvalue weighted by atomic mass is 15.1. The van der Waals surface area contributed by atoms with E-state index >= 15 is 0 Å². The molecule has 4 heteroatoms. The van der Waals surface area contributed by atoms with E-state index in [1.54, 1.807) is 6.33 Å². The molecule has 1 aromatic rings. The molecule has 0 spiro atoms. The van der Waals surface area contributed by atoms with Crippen LogP contribution in [0.25, 0.3) is 0 Å². The molecular weight excluding hydrogens is 188 g/mol. The highest BCUT2D eigenvalue weighted by molar-refractivity contribution is 5.46. The zero-order chi connectivity index (χ0) is 10.7. The number of nitrogens with one attached hydrogen (secondary N) is 1. The predicted molar refractivity (Wildman–Crippen MR) is 61.2 cm³/mol. The number of piperidine rings is 1. The summed E-state index contributed by atoms with van der Waals surface area (Å²) in [4.78, 5) is 10.5. The molecule has 0 amide bonds. The first-order valence-electron chi connectivity index (χ1n) is 5.47. The molecule has 1 fully saturated rings. The Balaban J connectivity index is 2.25. The maximum absolute atomic E-state index is 4.34. The molecule has 0 radical (unpaired) electrons. The summed E-state index contributed by atoms with van der Waals surface area (Å²) in [5.74, 6) is 1.62. The van der Waals surface area contributed by atoms with Crippen molar-refractivity contribution < 1.29 is 0 Å². The van der Waals surface area contributed by atoms with E-state index < -0.39 is 0 Å². The minimum atomic E-state index is 0.567. The third-order valence-corrected chi connectivity index (χ3v) is 2.88. The average Bonchev–Trinajstić information content (AvgIpc) is 2.30. The summed E-state index contributed by atoms with van der Waals surface area (Å²) in [7, 11) is 4.06. The molecule has 2 rings (SSSR count). The summed E-state index contributed by atoms with van der Waals surface area (Å²) in [5.41, 5.74) is 1.27. The van der Waals surface area contributed by atoms with Crippen molar-refractivity contribution >= 4 is 5.82 Å². The second-order valence-corrected chi connectivity index (χ2v) is 4.24. The lowest BCUT2D eigenvalue weighted by Gasteiger charge is -2.26. The molecule has 0 aliphatic carbocycles. The van der Waals surface area contributed by atoms with E-state index in [9.17, 15) is 0 Å². The number of aromatic nitrogens is 2. The Morgan fingerprint density at radius 3 is 3.00 bits per heavy atom. The summed E-state index contributed by atoms with van der Waals surface area (Å²) in [6.07, 6.45) is 6.06. The molecule has 0 bridgehead atoms. The zero-order valence-corrected chi connectivity index (χ0v) is 9.40. The quantitative estimate of drug-likeness (QED) is 0.784. The van der Waals surface area contributed by atoms with Gasteiger partial charge in [-0.2, -0.15) is 0 Å². The van der Waals surface area contributed by atoms with Crippen molar-refractivity contribution in [3.8, 4) is 0 Å². The Kier molecular flexibility index (Phi) is 3.16. The number of hydrogen-bond donors (Lipinski definition) is 1. The van der Waals surface area contributed by atoms with Gasteiger partial charge in [0.05, 0.1) is 0 Å². The molecule has 1 saturated heterocycles. The summed E-state index contributed by atoms with van der Waals surface area (Å²) < 4.78 is 0. The minimum absolute atomic E-state index is 0.567. The van der Waals surface area contributed by atoms with Crippen LogP contribution in [0.5, 0.6) is 0 Å². The van der Waals surface area contributed by atoms with E-state index in [1.807, 2.05) is 20.3 Å². The van der Waals surface area contributed by atoms with Crippen LogP contribution in [0.2, 0.25) is 0 Å². The molecule has 82 valence electrons. The van der Waals surface area contributed by atoms with Crippen LogP contribution in [-0.2, 0) is 0 Å². The summed E-state index contributed by atoms with van der Waals surface area (Å²) in [6, 6.07) is 0. The summed E-state index contributed by atoms with van der Waals surface area (Å²) in [6.45, 7) is 2.19. The smallest absolute Gasteiger partial charge is 0.134 e. The summed E-state index contributed by atoms with van der Waals surface area (Å²) >= 11 is 0. The monoisotopic (exact) mass is 206 g/mol. The van der Waals surface area contributed by atoms with E-state index in [4.69, 9.17) is 0 Å². The Labute approximate surface area is 90.7 Å². The highest BCUT2D eigenvalue weighted by Crippen LogP contribution is 2.28. The lowest BCUT2D eigenvalue weighted by molar-refractivity contribution is 0.460. The average molecular weight is 206 g/mol. The van der Waals surface area contributed by atoms with Gasteiger partial charge in [-0.05, 0) is 19.4 Å². The first-order chi connectivity index (χ1) is 7.29. The zero-order valence-electron chi connectivity index (χ0n) is 9.40. The van der Waals surface area contributed by atoms with Crippen LogP contribution in [0.15, 0.2) is 12.5 Å². The van der Waals surface area contributed by atoms with Crippen molar-refractivity contribution in [3.05, 3.63) is 18.1 Å². The molecule has 4 nitrogen and oxygen atoms in total. The van der Waals surface area contributed by atoms with Crippen molar-refractivity contribution in [2.75, 3.05) is 32.1 Å². The van der Waals surface area contributed by atoms with Gasteiger partial charge in [0.25, 0.3) is 0 Å². The Bertz CT molecular complexity index is 318. The standard InChI is InChI=1S/C11H18N4/c1-15(2)11-10(7-13-8-14-11)9-4-3-5-12-6-9/h7-9,12H,3-6H2,1-2H3. The Morgan fingerprint density at radius 2 is 2.33 bits per heavy atom. The number of hydrogen-bond acceptors (Lipinski definition) is 4. The second kappa shape index (κ2) is 4.57. The van der Waals surface area contributed by atoms with E-state index in [0.29, 0.717) is 5.92 Å². The molecule has 15 heavy (non-hydrogen) atoms. The fourth-order valence-electron chi connectivity index (χ4n) is 2.11. The molecular formula is C11H18N4. The van der Waals surface area contributed by atoms with Gasteiger partial charge >= 0.3 is 0 Å². The van der Waals surface area contributed by atoms with Crippen LogP contribution >= 0.6 is 0 Å². The third kappa shape index (κ3) is 2.26. The van der Waals surface area contributed by atoms with Crippen molar-refractivity contribution in [3.63, 3.8) is 0 Å². The largest absolute Gasteiger partial charge is 0.362 e. The van der Waals surface area contributed by atoms with Gasteiger partial charge in [-0.3, -0.25) is 0 Å². The third-order valence-electron chi connectivity index (χ3n) is 2.88. The van der Waals surface area contributed by atoms with Gasteiger partial charge in [0, 0.05) is 38.3 Å². The molecule has 1 aliphatic heterocycles. The molecule has 1 aromatic heterocycles. The minimum Gasteiger partial charge on any atom is -0.362 e. The molecule has 0 saturated carbocycles. The van der Waals surface area contributed by atoms with Gasteiger partial charge in [-0.15, -0.1) is 0 Å². The fourth-order valence-corrected chi connectivity index (χ4v) is 2.11. The van der Waals surface area contributed by atoms with Crippen molar-refractivity contribution in [2.24, 2.45) is 0 Å². The molecule has 1 unspecified atom stereocenters. The van der Waals surface area contributed by atoms with E-state index in [1.165, 1.54) is 18.4 Å². The van der Waals surface area contributed by atoms with Gasteiger partial charge in [-0.1, -0.05) is 0 Å². The van der Waals surface area contributed by atoms with Crippen molar-refractivity contribution in [2.45, 2.75) is 18.8 Å². The van der Waals surface area contributed by atoms with Crippen LogP contribution in [0.4, 0.5) is 5.82 Å². The lowest BCUT2D eigenvalue weighted by atomic mass is 9.93. The van der Waals surface area contributed by atoms with E-state index in [-0.39, 0.29) is 0 Å². The number of nitrogens with zero attached hydrogens (tertiary/aromatic N) is 3. The number of rotatable bonds is 2. The fraction of sp³-hybridized carbons (Fsp3) is 0.636. The predicted octanol–water partition coefficient (Wildman–Crippen LogP) is 1.01. The van der Waals surface area contributed by atoms with Gasteiger partial charge in [0.1, 0.15) is 12.1 Å². The van der Waals surface area contributed by atoms with Gasteiger partial charge in [-0.25, -0.2) is 9.97 Å². The molecule has 0 aromatic carbocycles. The van der Waals surface area contributed by atoms with Crippen molar-refractivity contribution in [1.82, 2.24) is 15.3 Å².